The smallest absolute Gasteiger partial charge is 0.262 e. The number of amides is 1. The van der Waals surface area contributed by atoms with Crippen LogP contribution in [0.4, 0.5) is 11.4 Å². The second-order valence-electron chi connectivity index (χ2n) is 7.07. The van der Waals surface area contributed by atoms with Gasteiger partial charge in [0.05, 0.1) is 15.7 Å². The number of benzene rings is 3. The van der Waals surface area contributed by atoms with Crippen molar-refractivity contribution in [3.63, 3.8) is 0 Å². The van der Waals surface area contributed by atoms with Gasteiger partial charge in [0.15, 0.2) is 12.4 Å². The summed E-state index contributed by atoms with van der Waals surface area (Å²) in [7, 11) is 0. The summed E-state index contributed by atoms with van der Waals surface area (Å²) in [5.41, 5.74) is 5.60. The SMILES string of the molecule is Cc1cccc(NC(=O)COc2c(Cl)cc(C=Nc3cc(C)ccc3C)cc2Cl)c1. The molecule has 0 fully saturated rings. The fourth-order valence-electron chi connectivity index (χ4n) is 2.85. The normalized spacial score (nSPS) is 11.0. The quantitative estimate of drug-likeness (QED) is 0.434. The van der Waals surface area contributed by atoms with Crippen LogP contribution < -0.4 is 10.1 Å². The predicted molar refractivity (Wildman–Crippen MR) is 125 cm³/mol. The molecule has 1 N–H and O–H groups in total. The summed E-state index contributed by atoms with van der Waals surface area (Å²) in [5.74, 6) is -0.0325. The lowest BCUT2D eigenvalue weighted by Gasteiger charge is -2.11. The fraction of sp³-hybridized carbons (Fsp3) is 0.167. The molecule has 0 heterocycles. The van der Waals surface area contributed by atoms with Crippen molar-refractivity contribution >= 4 is 46.7 Å². The van der Waals surface area contributed by atoms with Crippen molar-refractivity contribution in [2.75, 3.05) is 11.9 Å². The summed E-state index contributed by atoms with van der Waals surface area (Å²) < 4.78 is 5.56. The first-order valence-electron chi connectivity index (χ1n) is 9.41. The number of anilines is 1. The highest BCUT2D eigenvalue weighted by Gasteiger charge is 2.12. The molecule has 0 saturated carbocycles. The number of carbonyl (C=O) groups excluding carboxylic acids is 1. The largest absolute Gasteiger partial charge is 0.481 e. The lowest BCUT2D eigenvalue weighted by molar-refractivity contribution is -0.118. The Kier molecular flexibility index (Phi) is 7.14. The lowest BCUT2D eigenvalue weighted by Crippen LogP contribution is -2.20. The minimum atomic E-state index is -0.298. The van der Waals surface area contributed by atoms with Gasteiger partial charge in [-0.1, -0.05) is 47.5 Å². The van der Waals surface area contributed by atoms with Crippen molar-refractivity contribution in [2.45, 2.75) is 20.8 Å². The van der Waals surface area contributed by atoms with Gasteiger partial charge in [-0.2, -0.15) is 0 Å². The minimum Gasteiger partial charge on any atom is -0.481 e. The third-order valence-corrected chi connectivity index (χ3v) is 4.95. The summed E-state index contributed by atoms with van der Waals surface area (Å²) in [6.45, 7) is 5.78. The zero-order chi connectivity index (χ0) is 21.7. The van der Waals surface area contributed by atoms with Crippen molar-refractivity contribution in [1.29, 1.82) is 0 Å². The van der Waals surface area contributed by atoms with Crippen LogP contribution in [0.1, 0.15) is 22.3 Å². The molecule has 154 valence electrons. The Hall–Kier alpha value is -2.82. The third-order valence-electron chi connectivity index (χ3n) is 4.39. The van der Waals surface area contributed by atoms with Crippen molar-refractivity contribution < 1.29 is 9.53 Å². The highest BCUT2D eigenvalue weighted by Crippen LogP contribution is 2.34. The highest BCUT2D eigenvalue weighted by atomic mass is 35.5. The minimum absolute atomic E-state index is 0.205. The number of nitrogens with zero attached hydrogens (tertiary/aromatic N) is 1. The molecular formula is C24H22Cl2N2O2. The first kappa shape index (κ1) is 21.9. The van der Waals surface area contributed by atoms with E-state index in [4.69, 9.17) is 27.9 Å². The summed E-state index contributed by atoms with van der Waals surface area (Å²) in [4.78, 5) is 16.7. The first-order valence-corrected chi connectivity index (χ1v) is 10.2. The molecule has 30 heavy (non-hydrogen) atoms. The standard InChI is InChI=1S/C24H22Cl2N2O2/c1-15-5-4-6-19(9-15)28-23(29)14-30-24-20(25)11-18(12-21(24)26)13-27-22-10-16(2)7-8-17(22)3/h4-13H,14H2,1-3H3,(H,28,29). The van der Waals surface area contributed by atoms with Crippen LogP contribution >= 0.6 is 23.2 Å². The molecule has 0 aliphatic rings. The number of carbonyl (C=O) groups is 1. The molecule has 4 nitrogen and oxygen atoms in total. The zero-order valence-corrected chi connectivity index (χ0v) is 18.5. The molecule has 3 rings (SSSR count). The lowest BCUT2D eigenvalue weighted by atomic mass is 10.1. The number of hydrogen-bond acceptors (Lipinski definition) is 3. The molecule has 3 aromatic carbocycles. The predicted octanol–water partition coefficient (Wildman–Crippen LogP) is 6.69. The molecule has 6 heteroatoms. The second kappa shape index (κ2) is 9.79. The van der Waals surface area contributed by atoms with E-state index in [9.17, 15) is 4.79 Å². The second-order valence-corrected chi connectivity index (χ2v) is 7.88. The maximum absolute atomic E-state index is 12.2. The van der Waals surface area contributed by atoms with Gasteiger partial charge in [0, 0.05) is 11.9 Å². The van der Waals surface area contributed by atoms with Gasteiger partial charge in [-0.15, -0.1) is 0 Å². The Morgan fingerprint density at radius 1 is 1.00 bits per heavy atom. The molecule has 0 atom stereocenters. The molecule has 1 amide bonds. The number of halogens is 2. The maximum Gasteiger partial charge on any atom is 0.262 e. The van der Waals surface area contributed by atoms with E-state index in [-0.39, 0.29) is 18.3 Å². The van der Waals surface area contributed by atoms with Gasteiger partial charge in [-0.3, -0.25) is 9.79 Å². The van der Waals surface area contributed by atoms with Crippen molar-refractivity contribution in [1.82, 2.24) is 0 Å². The Bertz CT molecular complexity index is 1090. The number of hydrogen-bond donors (Lipinski definition) is 1. The van der Waals surface area contributed by atoms with Crippen molar-refractivity contribution in [3.05, 3.63) is 86.9 Å². The van der Waals surface area contributed by atoms with Crippen LogP contribution in [0.2, 0.25) is 10.0 Å². The van der Waals surface area contributed by atoms with Crippen LogP contribution in [-0.4, -0.2) is 18.7 Å². The van der Waals surface area contributed by atoms with Crippen LogP contribution in [0.5, 0.6) is 5.75 Å². The van der Waals surface area contributed by atoms with E-state index in [1.165, 1.54) is 0 Å². The van der Waals surface area contributed by atoms with E-state index in [0.717, 1.165) is 27.9 Å². The summed E-state index contributed by atoms with van der Waals surface area (Å²) in [6, 6.07) is 17.0. The molecule has 0 saturated heterocycles. The number of ether oxygens (including phenoxy) is 1. The van der Waals surface area contributed by atoms with Gasteiger partial charge in [0.1, 0.15) is 0 Å². The van der Waals surface area contributed by atoms with E-state index < -0.39 is 0 Å². The van der Waals surface area contributed by atoms with Gasteiger partial charge in [0.25, 0.3) is 5.91 Å². The summed E-state index contributed by atoms with van der Waals surface area (Å²) >= 11 is 12.7. The highest BCUT2D eigenvalue weighted by molar-refractivity contribution is 6.37. The topological polar surface area (TPSA) is 50.7 Å². The first-order chi connectivity index (χ1) is 14.3. The molecule has 0 spiro atoms. The number of nitrogens with one attached hydrogen (secondary N) is 1. The Balaban J connectivity index is 1.68. The van der Waals surface area contributed by atoms with Gasteiger partial charge in [-0.25, -0.2) is 0 Å². The molecule has 0 radical (unpaired) electrons. The average molecular weight is 441 g/mol. The van der Waals surface area contributed by atoms with E-state index in [1.807, 2.05) is 63.2 Å². The van der Waals surface area contributed by atoms with Gasteiger partial charge in [0.2, 0.25) is 0 Å². The van der Waals surface area contributed by atoms with Crippen molar-refractivity contribution in [2.24, 2.45) is 4.99 Å². The molecule has 0 aromatic heterocycles. The Labute approximate surface area is 186 Å². The Morgan fingerprint density at radius 3 is 2.40 bits per heavy atom. The molecular weight excluding hydrogens is 419 g/mol. The van der Waals surface area contributed by atoms with Crippen LogP contribution in [-0.2, 0) is 4.79 Å². The zero-order valence-electron chi connectivity index (χ0n) is 17.0. The monoisotopic (exact) mass is 440 g/mol. The van der Waals surface area contributed by atoms with Gasteiger partial charge >= 0.3 is 0 Å². The van der Waals surface area contributed by atoms with E-state index in [1.54, 1.807) is 18.3 Å². The number of aryl methyl sites for hydroxylation is 3. The van der Waals surface area contributed by atoms with Crippen LogP contribution in [0.3, 0.4) is 0 Å². The van der Waals surface area contributed by atoms with E-state index in [0.29, 0.717) is 15.7 Å². The van der Waals surface area contributed by atoms with Crippen LogP contribution in [0.15, 0.2) is 59.6 Å². The molecule has 3 aromatic rings. The molecule has 0 aliphatic carbocycles. The van der Waals surface area contributed by atoms with E-state index in [2.05, 4.69) is 10.3 Å². The third kappa shape index (κ3) is 5.85. The maximum atomic E-state index is 12.2. The van der Waals surface area contributed by atoms with Gasteiger partial charge in [-0.05, 0) is 73.4 Å². The van der Waals surface area contributed by atoms with Crippen molar-refractivity contribution in [3.8, 4) is 5.75 Å². The average Bonchev–Trinajstić information content (AvgIpc) is 2.68. The van der Waals surface area contributed by atoms with E-state index >= 15 is 0 Å². The van der Waals surface area contributed by atoms with Crippen LogP contribution in [0.25, 0.3) is 0 Å². The summed E-state index contributed by atoms with van der Waals surface area (Å²) in [5, 5.41) is 3.41. The molecule has 0 unspecified atom stereocenters. The Morgan fingerprint density at radius 2 is 1.70 bits per heavy atom. The molecule has 0 aliphatic heterocycles. The molecule has 0 bridgehead atoms. The fourth-order valence-corrected chi connectivity index (χ4v) is 3.47. The van der Waals surface area contributed by atoms with Crippen LogP contribution in [0, 0.1) is 20.8 Å². The van der Waals surface area contributed by atoms with Gasteiger partial charge < -0.3 is 10.1 Å². The number of aliphatic imine (C=N–C) groups is 1. The summed E-state index contributed by atoms with van der Waals surface area (Å²) in [6.07, 6.45) is 1.70. The number of rotatable bonds is 6.